The Morgan fingerprint density at radius 1 is 0.879 bits per heavy atom. The van der Waals surface area contributed by atoms with Crippen molar-refractivity contribution >= 4 is 27.5 Å². The Balaban J connectivity index is 1.67. The molecule has 0 atom stereocenters. The second kappa shape index (κ2) is 10.0. The van der Waals surface area contributed by atoms with E-state index in [-0.39, 0.29) is 35.1 Å². The zero-order chi connectivity index (χ0) is 23.4. The summed E-state index contributed by atoms with van der Waals surface area (Å²) in [6, 6.07) is 10.8. The topological polar surface area (TPSA) is 102 Å². The van der Waals surface area contributed by atoms with Crippen molar-refractivity contribution in [2.75, 3.05) is 57.5 Å². The number of Topliss-reactive ketones (excluding diaryl/α,β-unsaturated/α-hetero) is 1. The first kappa shape index (κ1) is 23.4. The van der Waals surface area contributed by atoms with Crippen LogP contribution in [0.15, 0.2) is 47.4 Å². The molecule has 0 saturated carbocycles. The fourth-order valence-electron chi connectivity index (χ4n) is 3.77. The molecule has 0 spiro atoms. The fourth-order valence-corrected chi connectivity index (χ4v) is 5.21. The number of carbonyl (C=O) groups is 2. The van der Waals surface area contributed by atoms with Gasteiger partial charge in [0, 0.05) is 31.7 Å². The maximum atomic E-state index is 13.2. The van der Waals surface area contributed by atoms with Gasteiger partial charge < -0.3 is 19.1 Å². The quantitative estimate of drug-likeness (QED) is 0.356. The summed E-state index contributed by atoms with van der Waals surface area (Å²) >= 11 is 0. The number of anilines is 1. The van der Waals surface area contributed by atoms with Gasteiger partial charge in [-0.15, -0.1) is 0 Å². The molecule has 10 heteroatoms. The number of benzene rings is 2. The molecule has 0 aromatic heterocycles. The van der Waals surface area contributed by atoms with E-state index in [9.17, 15) is 18.0 Å². The Hall–Kier alpha value is -2.79. The van der Waals surface area contributed by atoms with Crippen molar-refractivity contribution in [1.82, 2.24) is 4.31 Å². The molecule has 0 N–H and O–H groups in total. The van der Waals surface area contributed by atoms with E-state index in [4.69, 9.17) is 14.2 Å². The van der Waals surface area contributed by atoms with Crippen LogP contribution in [0.2, 0.25) is 0 Å². The molecular weight excluding hydrogens is 448 g/mol. The van der Waals surface area contributed by atoms with Gasteiger partial charge in [0.1, 0.15) is 5.75 Å². The number of ketones is 1. The third kappa shape index (κ3) is 5.25. The number of hydrogen-bond acceptors (Lipinski definition) is 8. The number of esters is 1. The van der Waals surface area contributed by atoms with Crippen molar-refractivity contribution in [1.29, 1.82) is 0 Å². The van der Waals surface area contributed by atoms with Gasteiger partial charge in [-0.3, -0.25) is 4.79 Å². The highest BCUT2D eigenvalue weighted by Gasteiger charge is 2.29. The molecule has 2 aromatic carbocycles. The average molecular weight is 475 g/mol. The number of hydrogen-bond donors (Lipinski definition) is 0. The van der Waals surface area contributed by atoms with E-state index in [0.717, 1.165) is 0 Å². The predicted molar refractivity (Wildman–Crippen MR) is 120 cm³/mol. The summed E-state index contributed by atoms with van der Waals surface area (Å²) in [5, 5.41) is 0. The predicted octanol–water partition coefficient (Wildman–Crippen LogP) is 1.97. The highest BCUT2D eigenvalue weighted by Crippen LogP contribution is 2.28. The van der Waals surface area contributed by atoms with Crippen molar-refractivity contribution in [3.8, 4) is 5.75 Å². The highest BCUT2D eigenvalue weighted by atomic mass is 32.2. The van der Waals surface area contributed by atoms with Crippen molar-refractivity contribution in [2.45, 2.75) is 11.8 Å². The van der Waals surface area contributed by atoms with Crippen LogP contribution in [0.5, 0.6) is 5.75 Å². The Bertz CT molecular complexity index is 1120. The van der Waals surface area contributed by atoms with Crippen LogP contribution in [0.1, 0.15) is 27.6 Å². The van der Waals surface area contributed by atoms with Gasteiger partial charge in [0.05, 0.1) is 42.6 Å². The number of rotatable bonds is 6. The molecule has 9 nitrogen and oxygen atoms in total. The first-order chi connectivity index (χ1) is 15.9. The molecule has 0 aliphatic carbocycles. The van der Waals surface area contributed by atoms with E-state index < -0.39 is 16.0 Å². The van der Waals surface area contributed by atoms with Crippen molar-refractivity contribution < 1.29 is 32.2 Å². The van der Waals surface area contributed by atoms with Gasteiger partial charge in [0.2, 0.25) is 10.0 Å². The molecule has 2 fully saturated rings. The maximum absolute atomic E-state index is 13.2. The van der Waals surface area contributed by atoms with E-state index in [1.54, 1.807) is 18.2 Å². The first-order valence-corrected chi connectivity index (χ1v) is 12.2. The molecule has 2 aliphatic heterocycles. The molecule has 176 valence electrons. The van der Waals surface area contributed by atoms with Crippen LogP contribution in [0.3, 0.4) is 0 Å². The summed E-state index contributed by atoms with van der Waals surface area (Å²) in [4.78, 5) is 26.7. The van der Waals surface area contributed by atoms with Gasteiger partial charge in [-0.1, -0.05) is 0 Å². The Labute approximate surface area is 192 Å². The molecule has 2 aromatic rings. The Morgan fingerprint density at radius 2 is 1.48 bits per heavy atom. The van der Waals surface area contributed by atoms with E-state index in [1.165, 1.54) is 35.5 Å². The van der Waals surface area contributed by atoms with Crippen LogP contribution < -0.4 is 9.64 Å². The third-order valence-electron chi connectivity index (χ3n) is 5.62. The molecule has 2 heterocycles. The summed E-state index contributed by atoms with van der Waals surface area (Å²) in [7, 11) is -3.79. The van der Waals surface area contributed by atoms with Crippen LogP contribution in [0.25, 0.3) is 0 Å². The monoisotopic (exact) mass is 474 g/mol. The molecule has 33 heavy (non-hydrogen) atoms. The van der Waals surface area contributed by atoms with Crippen LogP contribution in [0.4, 0.5) is 5.69 Å². The summed E-state index contributed by atoms with van der Waals surface area (Å²) in [5.41, 5.74) is 1.24. The number of sulfonamides is 1. The smallest absolute Gasteiger partial charge is 0.345 e. The van der Waals surface area contributed by atoms with E-state index in [1.807, 2.05) is 4.90 Å². The number of morpholine rings is 2. The van der Waals surface area contributed by atoms with Crippen molar-refractivity contribution in [3.63, 3.8) is 0 Å². The van der Waals surface area contributed by atoms with Crippen molar-refractivity contribution in [2.24, 2.45) is 0 Å². The van der Waals surface area contributed by atoms with Gasteiger partial charge in [0.15, 0.2) is 5.78 Å². The third-order valence-corrected chi connectivity index (χ3v) is 7.51. The average Bonchev–Trinajstić information content (AvgIpc) is 2.85. The van der Waals surface area contributed by atoms with Crippen LogP contribution in [0, 0.1) is 0 Å². The normalized spacial score (nSPS) is 17.5. The second-order valence-corrected chi connectivity index (χ2v) is 9.70. The van der Waals surface area contributed by atoms with Crippen LogP contribution >= 0.6 is 0 Å². The number of ether oxygens (including phenoxy) is 3. The van der Waals surface area contributed by atoms with Gasteiger partial charge in [-0.05, 0) is 49.4 Å². The molecular formula is C23H26N2O7S. The van der Waals surface area contributed by atoms with E-state index in [2.05, 4.69) is 0 Å². The summed E-state index contributed by atoms with van der Waals surface area (Å²) in [6.07, 6.45) is 0. The lowest BCUT2D eigenvalue weighted by Gasteiger charge is -2.31. The van der Waals surface area contributed by atoms with Crippen molar-refractivity contribution in [3.05, 3.63) is 53.6 Å². The Morgan fingerprint density at radius 3 is 2.09 bits per heavy atom. The van der Waals surface area contributed by atoms with Crippen LogP contribution in [-0.2, 0) is 19.5 Å². The van der Waals surface area contributed by atoms with E-state index >= 15 is 0 Å². The SMILES string of the molecule is CC(=O)c1ccc(OC(=O)c2cc(S(=O)(=O)N3CCOCC3)ccc2N2CCOCC2)cc1. The number of carbonyl (C=O) groups excluding carboxylic acids is 2. The molecule has 2 saturated heterocycles. The summed E-state index contributed by atoms with van der Waals surface area (Å²) in [6.45, 7) is 4.80. The second-order valence-electron chi connectivity index (χ2n) is 7.76. The zero-order valence-electron chi connectivity index (χ0n) is 18.4. The number of nitrogens with zero attached hydrogens (tertiary/aromatic N) is 2. The molecule has 4 rings (SSSR count). The largest absolute Gasteiger partial charge is 0.423 e. The fraction of sp³-hybridized carbons (Fsp3) is 0.391. The van der Waals surface area contributed by atoms with Gasteiger partial charge in [0.25, 0.3) is 0 Å². The first-order valence-electron chi connectivity index (χ1n) is 10.7. The lowest BCUT2D eigenvalue weighted by Crippen LogP contribution is -2.41. The molecule has 0 unspecified atom stereocenters. The van der Waals surface area contributed by atoms with Gasteiger partial charge in [-0.25, -0.2) is 13.2 Å². The lowest BCUT2D eigenvalue weighted by molar-refractivity contribution is 0.0727. The minimum atomic E-state index is -3.79. The van der Waals surface area contributed by atoms with Crippen LogP contribution in [-0.4, -0.2) is 77.1 Å². The zero-order valence-corrected chi connectivity index (χ0v) is 19.2. The minimum Gasteiger partial charge on any atom is -0.423 e. The summed E-state index contributed by atoms with van der Waals surface area (Å²) < 4.78 is 43.9. The highest BCUT2D eigenvalue weighted by molar-refractivity contribution is 7.89. The Kier molecular flexibility index (Phi) is 7.08. The van der Waals surface area contributed by atoms with E-state index in [0.29, 0.717) is 50.8 Å². The lowest BCUT2D eigenvalue weighted by atomic mass is 10.1. The van der Waals surface area contributed by atoms with Gasteiger partial charge >= 0.3 is 5.97 Å². The summed E-state index contributed by atoms with van der Waals surface area (Å²) in [5.74, 6) is -0.506. The molecule has 2 aliphatic rings. The maximum Gasteiger partial charge on any atom is 0.345 e. The van der Waals surface area contributed by atoms with Gasteiger partial charge in [-0.2, -0.15) is 4.31 Å². The standard InChI is InChI=1S/C23H26N2O7S/c1-17(26)18-2-4-19(5-3-18)32-23(27)21-16-20(33(28,29)25-10-14-31-15-11-25)6-7-22(21)24-8-12-30-13-9-24/h2-7,16H,8-15H2,1H3. The molecule has 0 bridgehead atoms. The minimum absolute atomic E-state index is 0.0280. The molecule has 0 amide bonds. The molecule has 0 radical (unpaired) electrons.